The van der Waals surface area contributed by atoms with Crippen molar-refractivity contribution in [3.05, 3.63) is 45.7 Å². The lowest BCUT2D eigenvalue weighted by molar-refractivity contribution is -0.0504. The quantitative estimate of drug-likeness (QED) is 0.433. The molecule has 0 atom stereocenters. The highest BCUT2D eigenvalue weighted by atomic mass is 35.5. The standard InChI is InChI=1S/C20H28ClF2N5O2/c1-5-24-20(25-11-15-10-16(21)6-7-18(15)30-19(22)23)26-12-17-13(2)27-28(14(17)3)8-9-29-4/h6-7,10,19H,5,8-9,11-12H2,1-4H3,(H2,24,25,26). The van der Waals surface area contributed by atoms with Crippen LogP contribution in [0, 0.1) is 13.8 Å². The van der Waals surface area contributed by atoms with Crippen LogP contribution in [0.4, 0.5) is 8.78 Å². The molecule has 0 fully saturated rings. The molecule has 1 heterocycles. The molecule has 0 spiro atoms. The van der Waals surface area contributed by atoms with Crippen molar-refractivity contribution in [1.29, 1.82) is 0 Å². The van der Waals surface area contributed by atoms with Crippen molar-refractivity contribution < 1.29 is 18.3 Å². The topological polar surface area (TPSA) is 72.7 Å². The molecule has 0 bridgehead atoms. The van der Waals surface area contributed by atoms with Gasteiger partial charge in [0.2, 0.25) is 0 Å². The number of halogens is 3. The third-order valence-electron chi connectivity index (χ3n) is 4.46. The molecule has 166 valence electrons. The summed E-state index contributed by atoms with van der Waals surface area (Å²) in [4.78, 5) is 4.49. The first-order chi connectivity index (χ1) is 14.3. The van der Waals surface area contributed by atoms with Crippen LogP contribution in [0.25, 0.3) is 0 Å². The fourth-order valence-corrected chi connectivity index (χ4v) is 3.14. The van der Waals surface area contributed by atoms with Gasteiger partial charge in [0.05, 0.1) is 25.4 Å². The van der Waals surface area contributed by atoms with Crippen molar-refractivity contribution in [2.45, 2.75) is 47.0 Å². The summed E-state index contributed by atoms with van der Waals surface area (Å²) in [5, 5.41) is 11.4. The minimum absolute atomic E-state index is 0.0557. The number of aromatic nitrogens is 2. The molecular weight excluding hydrogens is 416 g/mol. The Bertz CT molecular complexity index is 858. The minimum atomic E-state index is -2.92. The van der Waals surface area contributed by atoms with E-state index in [4.69, 9.17) is 16.3 Å². The number of alkyl halides is 2. The fraction of sp³-hybridized carbons (Fsp3) is 0.500. The Morgan fingerprint density at radius 3 is 2.73 bits per heavy atom. The average molecular weight is 444 g/mol. The van der Waals surface area contributed by atoms with Crippen LogP contribution in [0.2, 0.25) is 5.02 Å². The van der Waals surface area contributed by atoms with E-state index in [-0.39, 0.29) is 12.3 Å². The van der Waals surface area contributed by atoms with Gasteiger partial charge < -0.3 is 20.1 Å². The Balaban J connectivity index is 2.13. The van der Waals surface area contributed by atoms with Crippen molar-refractivity contribution in [1.82, 2.24) is 20.4 Å². The molecule has 0 saturated carbocycles. The van der Waals surface area contributed by atoms with E-state index in [1.54, 1.807) is 13.2 Å². The van der Waals surface area contributed by atoms with E-state index in [9.17, 15) is 8.78 Å². The van der Waals surface area contributed by atoms with E-state index in [1.807, 2.05) is 25.5 Å². The first kappa shape index (κ1) is 23.9. The predicted molar refractivity (Wildman–Crippen MR) is 113 cm³/mol. The van der Waals surface area contributed by atoms with Crippen LogP contribution >= 0.6 is 11.6 Å². The first-order valence-electron chi connectivity index (χ1n) is 9.62. The molecule has 0 radical (unpaired) electrons. The number of aryl methyl sites for hydroxylation is 1. The average Bonchev–Trinajstić information content (AvgIpc) is 2.96. The van der Waals surface area contributed by atoms with Crippen molar-refractivity contribution in [2.75, 3.05) is 20.3 Å². The number of aliphatic imine (C=N–C) groups is 1. The Kier molecular flexibility index (Phi) is 9.32. The summed E-state index contributed by atoms with van der Waals surface area (Å²) in [6.07, 6.45) is 0. The van der Waals surface area contributed by atoms with Crippen molar-refractivity contribution in [3.8, 4) is 5.75 Å². The smallest absolute Gasteiger partial charge is 0.387 e. The third-order valence-corrected chi connectivity index (χ3v) is 4.70. The number of benzene rings is 1. The zero-order valence-electron chi connectivity index (χ0n) is 17.6. The maximum absolute atomic E-state index is 12.7. The van der Waals surface area contributed by atoms with E-state index >= 15 is 0 Å². The number of nitrogens with zero attached hydrogens (tertiary/aromatic N) is 3. The van der Waals surface area contributed by atoms with Crippen LogP contribution in [0.3, 0.4) is 0 Å². The highest BCUT2D eigenvalue weighted by Gasteiger charge is 2.13. The molecule has 0 unspecified atom stereocenters. The van der Waals surface area contributed by atoms with Gasteiger partial charge in [0.25, 0.3) is 0 Å². The van der Waals surface area contributed by atoms with Gasteiger partial charge in [0.1, 0.15) is 5.75 Å². The van der Waals surface area contributed by atoms with Gasteiger partial charge in [0, 0.05) is 42.0 Å². The van der Waals surface area contributed by atoms with E-state index in [0.717, 1.165) is 17.0 Å². The number of ether oxygens (including phenoxy) is 2. The van der Waals surface area contributed by atoms with Crippen molar-refractivity contribution in [2.24, 2.45) is 4.99 Å². The number of hydrogen-bond donors (Lipinski definition) is 2. The lowest BCUT2D eigenvalue weighted by Crippen LogP contribution is -2.37. The molecule has 0 saturated heterocycles. The lowest BCUT2D eigenvalue weighted by atomic mass is 10.2. The molecule has 2 N–H and O–H groups in total. The number of methoxy groups -OCH3 is 1. The normalized spacial score (nSPS) is 11.8. The molecule has 30 heavy (non-hydrogen) atoms. The molecule has 10 heteroatoms. The van der Waals surface area contributed by atoms with E-state index in [0.29, 0.717) is 42.8 Å². The summed E-state index contributed by atoms with van der Waals surface area (Å²) >= 11 is 6.00. The van der Waals surface area contributed by atoms with Crippen molar-refractivity contribution >= 4 is 17.6 Å². The minimum Gasteiger partial charge on any atom is -0.434 e. The first-order valence-corrected chi connectivity index (χ1v) is 10.0. The summed E-state index contributed by atoms with van der Waals surface area (Å²) in [7, 11) is 1.66. The second-order valence-corrected chi connectivity index (χ2v) is 6.98. The maximum Gasteiger partial charge on any atom is 0.387 e. The summed E-state index contributed by atoms with van der Waals surface area (Å²) in [5.41, 5.74) is 3.52. The molecular formula is C20H28ClF2N5O2. The monoisotopic (exact) mass is 443 g/mol. The van der Waals surface area contributed by atoms with Crippen LogP contribution < -0.4 is 15.4 Å². The summed E-state index contributed by atoms with van der Waals surface area (Å²) < 4.78 is 36.9. The van der Waals surface area contributed by atoms with Gasteiger partial charge in [-0.15, -0.1) is 0 Å². The zero-order chi connectivity index (χ0) is 22.1. The predicted octanol–water partition coefficient (Wildman–Crippen LogP) is 3.66. The van der Waals surface area contributed by atoms with Crippen LogP contribution in [0.5, 0.6) is 5.75 Å². The van der Waals surface area contributed by atoms with Gasteiger partial charge in [-0.2, -0.15) is 13.9 Å². The summed E-state index contributed by atoms with van der Waals surface area (Å²) in [6.45, 7) is 5.55. The molecule has 1 aromatic carbocycles. The van der Waals surface area contributed by atoms with Gasteiger partial charge in [-0.3, -0.25) is 4.68 Å². The van der Waals surface area contributed by atoms with E-state index in [2.05, 4.69) is 25.5 Å². The molecule has 0 amide bonds. The molecule has 0 aliphatic carbocycles. The summed E-state index contributed by atoms with van der Waals surface area (Å²) in [5.74, 6) is 0.601. The Labute approximate surface area is 180 Å². The van der Waals surface area contributed by atoms with Crippen LogP contribution in [0.15, 0.2) is 23.2 Å². The van der Waals surface area contributed by atoms with Gasteiger partial charge in [-0.05, 0) is 39.0 Å². The Hall–Kier alpha value is -2.39. The Morgan fingerprint density at radius 1 is 1.30 bits per heavy atom. The second-order valence-electron chi connectivity index (χ2n) is 6.54. The molecule has 0 aliphatic heterocycles. The van der Waals surface area contributed by atoms with Gasteiger partial charge >= 0.3 is 6.61 Å². The van der Waals surface area contributed by atoms with Gasteiger partial charge in [-0.25, -0.2) is 4.99 Å². The molecule has 2 rings (SSSR count). The Morgan fingerprint density at radius 2 is 2.07 bits per heavy atom. The number of guanidine groups is 1. The van der Waals surface area contributed by atoms with Crippen molar-refractivity contribution in [3.63, 3.8) is 0 Å². The summed E-state index contributed by atoms with van der Waals surface area (Å²) in [6, 6.07) is 4.49. The second kappa shape index (κ2) is 11.7. The lowest BCUT2D eigenvalue weighted by Gasteiger charge is -2.13. The van der Waals surface area contributed by atoms with Crippen LogP contribution in [0.1, 0.15) is 29.4 Å². The molecule has 1 aromatic heterocycles. The highest BCUT2D eigenvalue weighted by molar-refractivity contribution is 6.30. The van der Waals surface area contributed by atoms with Gasteiger partial charge in [0.15, 0.2) is 5.96 Å². The number of hydrogen-bond acceptors (Lipinski definition) is 4. The third kappa shape index (κ3) is 6.84. The number of nitrogens with one attached hydrogen (secondary N) is 2. The zero-order valence-corrected chi connectivity index (χ0v) is 18.4. The molecule has 0 aliphatic rings. The molecule has 7 nitrogen and oxygen atoms in total. The molecule has 2 aromatic rings. The SMILES string of the molecule is CCNC(=NCc1cc(Cl)ccc1OC(F)F)NCc1c(C)nn(CCOC)c1C. The van der Waals surface area contributed by atoms with Gasteiger partial charge in [-0.1, -0.05) is 11.6 Å². The van der Waals surface area contributed by atoms with Crippen LogP contribution in [-0.2, 0) is 24.4 Å². The maximum atomic E-state index is 12.7. The fourth-order valence-electron chi connectivity index (χ4n) is 2.95. The van der Waals surface area contributed by atoms with E-state index < -0.39 is 6.61 Å². The van der Waals surface area contributed by atoms with Crippen LogP contribution in [-0.4, -0.2) is 42.6 Å². The number of rotatable bonds is 10. The van der Waals surface area contributed by atoms with E-state index in [1.165, 1.54) is 12.1 Å². The highest BCUT2D eigenvalue weighted by Crippen LogP contribution is 2.25. The largest absolute Gasteiger partial charge is 0.434 e.